The molecule has 0 radical (unpaired) electrons. The number of hydrogen-bond donors (Lipinski definition) is 2. The second-order valence-corrected chi connectivity index (χ2v) is 4.33. The first kappa shape index (κ1) is 14.7. The molecule has 4 nitrogen and oxygen atoms in total. The first-order valence-corrected chi connectivity index (χ1v) is 6.30. The van der Waals surface area contributed by atoms with E-state index < -0.39 is 0 Å². The SMILES string of the molecule is COc1cc(OCCCCCO)cc(C(N)=S)c1. The number of unbranched alkanes of at least 4 members (excludes halogenated alkanes) is 2. The van der Waals surface area contributed by atoms with Gasteiger partial charge in [-0.15, -0.1) is 0 Å². The van der Waals surface area contributed by atoms with Crippen LogP contribution in [0.15, 0.2) is 18.2 Å². The lowest BCUT2D eigenvalue weighted by atomic mass is 10.2. The highest BCUT2D eigenvalue weighted by atomic mass is 32.1. The van der Waals surface area contributed by atoms with E-state index >= 15 is 0 Å². The van der Waals surface area contributed by atoms with E-state index in [-0.39, 0.29) is 6.61 Å². The standard InChI is InChI=1S/C13H19NO3S/c1-16-11-7-10(13(14)18)8-12(9-11)17-6-4-2-3-5-15/h7-9,15H,2-6H2,1H3,(H2,14,18). The summed E-state index contributed by atoms with van der Waals surface area (Å²) in [6, 6.07) is 5.38. The van der Waals surface area contributed by atoms with Gasteiger partial charge in [-0.2, -0.15) is 0 Å². The van der Waals surface area contributed by atoms with Crippen LogP contribution in [0.4, 0.5) is 0 Å². The molecule has 0 heterocycles. The van der Waals surface area contributed by atoms with Gasteiger partial charge < -0.3 is 20.3 Å². The van der Waals surface area contributed by atoms with Crippen molar-refractivity contribution in [3.63, 3.8) is 0 Å². The quantitative estimate of drug-likeness (QED) is 0.557. The zero-order valence-corrected chi connectivity index (χ0v) is 11.3. The monoisotopic (exact) mass is 269 g/mol. The predicted molar refractivity (Wildman–Crippen MR) is 75.3 cm³/mol. The molecule has 0 spiro atoms. The minimum Gasteiger partial charge on any atom is -0.497 e. The number of thiocarbonyl (C=S) groups is 1. The van der Waals surface area contributed by atoms with Crippen LogP contribution in [0, 0.1) is 0 Å². The highest BCUT2D eigenvalue weighted by Crippen LogP contribution is 2.23. The number of rotatable bonds is 8. The lowest BCUT2D eigenvalue weighted by Gasteiger charge is -2.10. The average Bonchev–Trinajstić information content (AvgIpc) is 2.38. The van der Waals surface area contributed by atoms with Crippen LogP contribution >= 0.6 is 12.2 Å². The predicted octanol–water partition coefficient (Wildman–Crippen LogP) is 1.87. The first-order chi connectivity index (χ1) is 8.67. The second kappa shape index (κ2) is 7.89. The largest absolute Gasteiger partial charge is 0.497 e. The summed E-state index contributed by atoms with van der Waals surface area (Å²) in [5.74, 6) is 1.37. The van der Waals surface area contributed by atoms with Crippen molar-refractivity contribution in [1.29, 1.82) is 0 Å². The van der Waals surface area contributed by atoms with Crippen molar-refractivity contribution >= 4 is 17.2 Å². The zero-order chi connectivity index (χ0) is 13.4. The van der Waals surface area contributed by atoms with E-state index in [9.17, 15) is 0 Å². The van der Waals surface area contributed by atoms with Crippen LogP contribution in [0.2, 0.25) is 0 Å². The van der Waals surface area contributed by atoms with Gasteiger partial charge in [0.1, 0.15) is 16.5 Å². The molecule has 0 aliphatic carbocycles. The number of ether oxygens (including phenoxy) is 2. The topological polar surface area (TPSA) is 64.7 Å². The summed E-state index contributed by atoms with van der Waals surface area (Å²) >= 11 is 4.94. The third kappa shape index (κ3) is 4.89. The Hall–Kier alpha value is -1.33. The molecule has 0 saturated carbocycles. The van der Waals surface area contributed by atoms with Gasteiger partial charge in [-0.25, -0.2) is 0 Å². The number of aliphatic hydroxyl groups excluding tert-OH is 1. The van der Waals surface area contributed by atoms with Gasteiger partial charge in [0.2, 0.25) is 0 Å². The van der Waals surface area contributed by atoms with Gasteiger partial charge in [-0.05, 0) is 31.4 Å². The van der Waals surface area contributed by atoms with E-state index in [0.29, 0.717) is 23.1 Å². The third-order valence-electron chi connectivity index (χ3n) is 2.47. The molecule has 0 unspecified atom stereocenters. The van der Waals surface area contributed by atoms with Gasteiger partial charge >= 0.3 is 0 Å². The van der Waals surface area contributed by atoms with Crippen molar-refractivity contribution in [2.24, 2.45) is 5.73 Å². The average molecular weight is 269 g/mol. The van der Waals surface area contributed by atoms with Gasteiger partial charge in [0.25, 0.3) is 0 Å². The summed E-state index contributed by atoms with van der Waals surface area (Å²) in [7, 11) is 1.59. The molecule has 18 heavy (non-hydrogen) atoms. The smallest absolute Gasteiger partial charge is 0.123 e. The molecule has 3 N–H and O–H groups in total. The maximum absolute atomic E-state index is 8.66. The van der Waals surface area contributed by atoms with Gasteiger partial charge in [0.15, 0.2) is 0 Å². The molecular weight excluding hydrogens is 250 g/mol. The maximum Gasteiger partial charge on any atom is 0.123 e. The van der Waals surface area contributed by atoms with Crippen LogP contribution in [0.25, 0.3) is 0 Å². The molecular formula is C13H19NO3S. The summed E-state index contributed by atoms with van der Waals surface area (Å²) in [6.45, 7) is 0.828. The number of benzene rings is 1. The van der Waals surface area contributed by atoms with Crippen molar-refractivity contribution in [2.75, 3.05) is 20.3 Å². The molecule has 0 bridgehead atoms. The Kier molecular flexibility index (Phi) is 6.46. The molecule has 1 rings (SSSR count). The van der Waals surface area contributed by atoms with Crippen LogP contribution in [-0.2, 0) is 0 Å². The van der Waals surface area contributed by atoms with Crippen LogP contribution in [0.1, 0.15) is 24.8 Å². The van der Waals surface area contributed by atoms with Crippen LogP contribution in [0.3, 0.4) is 0 Å². The molecule has 0 atom stereocenters. The van der Waals surface area contributed by atoms with Crippen LogP contribution < -0.4 is 15.2 Å². The van der Waals surface area contributed by atoms with Crippen LogP contribution in [0.5, 0.6) is 11.5 Å². The number of hydrogen-bond acceptors (Lipinski definition) is 4. The Labute approximate surface area is 113 Å². The van der Waals surface area contributed by atoms with Gasteiger partial charge in [-0.3, -0.25) is 0 Å². The molecule has 1 aromatic rings. The minimum absolute atomic E-state index is 0.227. The zero-order valence-electron chi connectivity index (χ0n) is 10.5. The molecule has 5 heteroatoms. The molecule has 1 aromatic carbocycles. The van der Waals surface area contributed by atoms with Crippen molar-refractivity contribution < 1.29 is 14.6 Å². The fourth-order valence-electron chi connectivity index (χ4n) is 1.50. The normalized spacial score (nSPS) is 10.1. The second-order valence-electron chi connectivity index (χ2n) is 3.89. The van der Waals surface area contributed by atoms with Crippen molar-refractivity contribution in [3.05, 3.63) is 23.8 Å². The Bertz CT molecular complexity index is 396. The summed E-state index contributed by atoms with van der Waals surface area (Å²) in [4.78, 5) is 0.319. The number of methoxy groups -OCH3 is 1. The molecule has 0 aliphatic rings. The number of nitrogens with two attached hydrogens (primary N) is 1. The Morgan fingerprint density at radius 2 is 1.94 bits per heavy atom. The highest BCUT2D eigenvalue weighted by Gasteiger charge is 2.04. The minimum atomic E-state index is 0.227. The van der Waals surface area contributed by atoms with E-state index in [1.54, 1.807) is 25.3 Å². The summed E-state index contributed by atoms with van der Waals surface area (Å²) in [5.41, 5.74) is 6.32. The van der Waals surface area contributed by atoms with Crippen LogP contribution in [-0.4, -0.2) is 30.4 Å². The van der Waals surface area contributed by atoms with Gasteiger partial charge in [0, 0.05) is 18.2 Å². The van der Waals surface area contributed by atoms with Crippen molar-refractivity contribution in [2.45, 2.75) is 19.3 Å². The summed E-state index contributed by atoms with van der Waals surface area (Å²) in [6.07, 6.45) is 2.66. The van der Waals surface area contributed by atoms with E-state index in [1.165, 1.54) is 0 Å². The fraction of sp³-hybridized carbons (Fsp3) is 0.462. The van der Waals surface area contributed by atoms with E-state index in [0.717, 1.165) is 24.8 Å². The van der Waals surface area contributed by atoms with E-state index in [2.05, 4.69) is 0 Å². The lowest BCUT2D eigenvalue weighted by molar-refractivity contribution is 0.265. The van der Waals surface area contributed by atoms with E-state index in [1.807, 2.05) is 0 Å². The lowest BCUT2D eigenvalue weighted by Crippen LogP contribution is -2.10. The molecule has 0 fully saturated rings. The molecule has 100 valence electrons. The third-order valence-corrected chi connectivity index (χ3v) is 2.71. The molecule has 0 saturated heterocycles. The van der Waals surface area contributed by atoms with Crippen molar-refractivity contribution in [1.82, 2.24) is 0 Å². The van der Waals surface area contributed by atoms with Crippen molar-refractivity contribution in [3.8, 4) is 11.5 Å². The Balaban J connectivity index is 2.58. The fourth-order valence-corrected chi connectivity index (χ4v) is 1.61. The van der Waals surface area contributed by atoms with Gasteiger partial charge in [-0.1, -0.05) is 12.2 Å². The van der Waals surface area contributed by atoms with E-state index in [4.69, 9.17) is 32.5 Å². The molecule has 0 aliphatic heterocycles. The summed E-state index contributed by atoms with van der Waals surface area (Å²) < 4.78 is 10.8. The molecule has 0 amide bonds. The number of aliphatic hydroxyl groups is 1. The summed E-state index contributed by atoms with van der Waals surface area (Å²) in [5, 5.41) is 8.66. The maximum atomic E-state index is 8.66. The highest BCUT2D eigenvalue weighted by molar-refractivity contribution is 7.80. The molecule has 0 aromatic heterocycles. The first-order valence-electron chi connectivity index (χ1n) is 5.90. The Morgan fingerprint density at radius 1 is 1.22 bits per heavy atom. The Morgan fingerprint density at radius 3 is 2.56 bits per heavy atom. The van der Waals surface area contributed by atoms with Gasteiger partial charge in [0.05, 0.1) is 13.7 Å².